The van der Waals surface area contributed by atoms with Crippen LogP contribution in [0.15, 0.2) is 40.9 Å². The molecule has 0 radical (unpaired) electrons. The van der Waals surface area contributed by atoms with Crippen molar-refractivity contribution in [2.24, 2.45) is 0 Å². The average Bonchev–Trinajstić information content (AvgIpc) is 2.36. The molecule has 0 aromatic heterocycles. The quantitative estimate of drug-likeness (QED) is 0.825. The minimum atomic E-state index is -0.139. The number of carbonyl (C=O) groups is 1. The second-order valence-corrected chi connectivity index (χ2v) is 5.31. The number of benzene rings is 2. The maximum Gasteiger partial charge on any atom is 0.256 e. The summed E-state index contributed by atoms with van der Waals surface area (Å²) < 4.78 is 0.775. The van der Waals surface area contributed by atoms with E-state index >= 15 is 0 Å². The Balaban J connectivity index is 2.30. The van der Waals surface area contributed by atoms with Crippen LogP contribution in [0, 0.1) is 13.8 Å². The Hall–Kier alpha value is -1.81. The zero-order valence-electron chi connectivity index (χ0n) is 10.8. The van der Waals surface area contributed by atoms with Crippen LogP contribution >= 0.6 is 15.9 Å². The zero-order valence-corrected chi connectivity index (χ0v) is 12.4. The minimum Gasteiger partial charge on any atom is -0.399 e. The third-order valence-corrected chi connectivity index (χ3v) is 3.67. The molecule has 0 spiro atoms. The highest BCUT2D eigenvalue weighted by Crippen LogP contribution is 2.24. The lowest BCUT2D eigenvalue weighted by molar-refractivity contribution is 0.102. The monoisotopic (exact) mass is 318 g/mol. The third-order valence-electron chi connectivity index (χ3n) is 2.98. The van der Waals surface area contributed by atoms with Gasteiger partial charge >= 0.3 is 0 Å². The highest BCUT2D eigenvalue weighted by atomic mass is 79.9. The van der Waals surface area contributed by atoms with Crippen LogP contribution in [0.2, 0.25) is 0 Å². The summed E-state index contributed by atoms with van der Waals surface area (Å²) in [5.41, 5.74) is 9.86. The number of aryl methyl sites for hydroxylation is 2. The Morgan fingerprint density at radius 1 is 1.16 bits per heavy atom. The number of hydrogen-bond donors (Lipinski definition) is 2. The summed E-state index contributed by atoms with van der Waals surface area (Å²) in [6.07, 6.45) is 0. The smallest absolute Gasteiger partial charge is 0.256 e. The van der Waals surface area contributed by atoms with Gasteiger partial charge in [-0.05, 0) is 65.2 Å². The van der Waals surface area contributed by atoms with Gasteiger partial charge in [-0.3, -0.25) is 4.79 Å². The van der Waals surface area contributed by atoms with Gasteiger partial charge in [-0.15, -0.1) is 0 Å². The first-order chi connectivity index (χ1) is 8.99. The van der Waals surface area contributed by atoms with Crippen molar-refractivity contribution in [3.63, 3.8) is 0 Å². The molecule has 98 valence electrons. The summed E-state index contributed by atoms with van der Waals surface area (Å²) >= 11 is 3.37. The molecule has 2 aromatic rings. The Kier molecular flexibility index (Phi) is 3.90. The SMILES string of the molecule is Cc1cc(NC(=O)c2ccccc2Br)c(C)cc1N. The maximum absolute atomic E-state index is 12.2. The first-order valence-corrected chi connectivity index (χ1v) is 6.71. The molecule has 0 heterocycles. The third kappa shape index (κ3) is 2.96. The number of carbonyl (C=O) groups excluding carboxylic acids is 1. The number of halogens is 1. The summed E-state index contributed by atoms with van der Waals surface area (Å²) in [7, 11) is 0. The van der Waals surface area contributed by atoms with Gasteiger partial charge in [0.05, 0.1) is 5.56 Å². The van der Waals surface area contributed by atoms with Crippen LogP contribution in [0.4, 0.5) is 11.4 Å². The van der Waals surface area contributed by atoms with E-state index in [1.54, 1.807) is 6.07 Å². The average molecular weight is 319 g/mol. The van der Waals surface area contributed by atoms with E-state index in [0.717, 1.165) is 27.0 Å². The van der Waals surface area contributed by atoms with E-state index in [4.69, 9.17) is 5.73 Å². The van der Waals surface area contributed by atoms with Crippen LogP contribution in [0.25, 0.3) is 0 Å². The molecule has 2 aromatic carbocycles. The molecule has 3 N–H and O–H groups in total. The topological polar surface area (TPSA) is 55.1 Å². The fraction of sp³-hybridized carbons (Fsp3) is 0.133. The van der Waals surface area contributed by atoms with Gasteiger partial charge in [0, 0.05) is 15.8 Å². The van der Waals surface area contributed by atoms with Crippen LogP contribution in [0.1, 0.15) is 21.5 Å². The largest absolute Gasteiger partial charge is 0.399 e. The van der Waals surface area contributed by atoms with Gasteiger partial charge in [-0.2, -0.15) is 0 Å². The zero-order chi connectivity index (χ0) is 14.0. The van der Waals surface area contributed by atoms with Crippen molar-refractivity contribution in [3.05, 3.63) is 57.6 Å². The van der Waals surface area contributed by atoms with E-state index in [1.807, 2.05) is 44.2 Å². The van der Waals surface area contributed by atoms with Gasteiger partial charge in [-0.25, -0.2) is 0 Å². The Morgan fingerprint density at radius 2 is 1.84 bits per heavy atom. The summed E-state index contributed by atoms with van der Waals surface area (Å²) in [6, 6.07) is 11.1. The molecule has 0 saturated carbocycles. The van der Waals surface area contributed by atoms with Crippen molar-refractivity contribution in [2.45, 2.75) is 13.8 Å². The molecule has 4 heteroatoms. The van der Waals surface area contributed by atoms with Crippen LogP contribution in [0.3, 0.4) is 0 Å². The van der Waals surface area contributed by atoms with Gasteiger partial charge in [0.25, 0.3) is 5.91 Å². The Bertz CT molecular complexity index is 638. The summed E-state index contributed by atoms with van der Waals surface area (Å²) in [4.78, 5) is 12.2. The highest BCUT2D eigenvalue weighted by molar-refractivity contribution is 9.10. The fourth-order valence-corrected chi connectivity index (χ4v) is 2.27. The lowest BCUT2D eigenvalue weighted by atomic mass is 10.1. The summed E-state index contributed by atoms with van der Waals surface area (Å²) in [5.74, 6) is -0.139. The molecule has 2 rings (SSSR count). The molecule has 0 aliphatic rings. The number of amides is 1. The number of anilines is 2. The van der Waals surface area contributed by atoms with Gasteiger partial charge in [0.15, 0.2) is 0 Å². The molecule has 0 atom stereocenters. The fourth-order valence-electron chi connectivity index (χ4n) is 1.81. The second-order valence-electron chi connectivity index (χ2n) is 4.46. The maximum atomic E-state index is 12.2. The minimum absolute atomic E-state index is 0.139. The lowest BCUT2D eigenvalue weighted by Crippen LogP contribution is -2.13. The second kappa shape index (κ2) is 5.45. The van der Waals surface area contributed by atoms with E-state index in [2.05, 4.69) is 21.2 Å². The van der Waals surface area contributed by atoms with E-state index in [1.165, 1.54) is 0 Å². The number of nitrogen functional groups attached to an aromatic ring is 1. The van der Waals surface area contributed by atoms with Crippen molar-refractivity contribution < 1.29 is 4.79 Å². The van der Waals surface area contributed by atoms with E-state index in [9.17, 15) is 4.79 Å². The van der Waals surface area contributed by atoms with Crippen LogP contribution in [-0.4, -0.2) is 5.91 Å². The molecule has 0 aliphatic heterocycles. The molecule has 19 heavy (non-hydrogen) atoms. The van der Waals surface area contributed by atoms with Crippen molar-refractivity contribution in [1.82, 2.24) is 0 Å². The number of hydrogen-bond acceptors (Lipinski definition) is 2. The molecule has 0 saturated heterocycles. The number of nitrogens with one attached hydrogen (secondary N) is 1. The number of nitrogens with two attached hydrogens (primary N) is 1. The first-order valence-electron chi connectivity index (χ1n) is 5.91. The Labute approximate surface area is 121 Å². The van der Waals surface area contributed by atoms with Gasteiger partial charge < -0.3 is 11.1 Å². The van der Waals surface area contributed by atoms with Crippen molar-refractivity contribution >= 4 is 33.2 Å². The molecule has 0 aliphatic carbocycles. The molecular formula is C15H15BrN2O. The molecule has 0 unspecified atom stereocenters. The molecular weight excluding hydrogens is 304 g/mol. The van der Waals surface area contributed by atoms with Crippen LogP contribution < -0.4 is 11.1 Å². The van der Waals surface area contributed by atoms with E-state index in [-0.39, 0.29) is 5.91 Å². The van der Waals surface area contributed by atoms with Crippen LogP contribution in [0.5, 0.6) is 0 Å². The van der Waals surface area contributed by atoms with Gasteiger partial charge in [0.1, 0.15) is 0 Å². The number of rotatable bonds is 2. The van der Waals surface area contributed by atoms with Crippen molar-refractivity contribution in [3.8, 4) is 0 Å². The lowest BCUT2D eigenvalue weighted by Gasteiger charge is -2.12. The first kappa shape index (κ1) is 13.6. The molecule has 0 fully saturated rings. The van der Waals surface area contributed by atoms with Crippen molar-refractivity contribution in [1.29, 1.82) is 0 Å². The summed E-state index contributed by atoms with van der Waals surface area (Å²) in [6.45, 7) is 3.84. The summed E-state index contributed by atoms with van der Waals surface area (Å²) in [5, 5.41) is 2.91. The van der Waals surface area contributed by atoms with E-state index in [0.29, 0.717) is 5.56 Å². The predicted molar refractivity (Wildman–Crippen MR) is 82.4 cm³/mol. The molecule has 0 bridgehead atoms. The van der Waals surface area contributed by atoms with E-state index < -0.39 is 0 Å². The highest BCUT2D eigenvalue weighted by Gasteiger charge is 2.11. The van der Waals surface area contributed by atoms with Gasteiger partial charge in [0.2, 0.25) is 0 Å². The van der Waals surface area contributed by atoms with Crippen molar-refractivity contribution in [2.75, 3.05) is 11.1 Å². The molecule has 1 amide bonds. The molecule has 3 nitrogen and oxygen atoms in total. The Morgan fingerprint density at radius 3 is 2.53 bits per heavy atom. The normalized spacial score (nSPS) is 10.3. The van der Waals surface area contributed by atoms with Crippen LogP contribution in [-0.2, 0) is 0 Å². The standard InChI is InChI=1S/C15H15BrN2O/c1-9-8-14(10(2)7-13(9)17)18-15(19)11-5-3-4-6-12(11)16/h3-8H,17H2,1-2H3,(H,18,19). The predicted octanol–water partition coefficient (Wildman–Crippen LogP) is 3.90. The van der Waals surface area contributed by atoms with Gasteiger partial charge in [-0.1, -0.05) is 12.1 Å².